The van der Waals surface area contributed by atoms with Gasteiger partial charge in [0.05, 0.1) is 11.0 Å². The molecule has 1 unspecified atom stereocenters. The first-order valence-electron chi connectivity index (χ1n) is 10.3. The summed E-state index contributed by atoms with van der Waals surface area (Å²) in [7, 11) is 0. The molecule has 1 aliphatic carbocycles. The summed E-state index contributed by atoms with van der Waals surface area (Å²) in [5.74, 6) is 1.02. The number of nitrogens with zero attached hydrogens (tertiary/aromatic N) is 1. The van der Waals surface area contributed by atoms with Crippen molar-refractivity contribution in [2.75, 3.05) is 10.6 Å². The summed E-state index contributed by atoms with van der Waals surface area (Å²) in [5, 5.41) is 5.80. The predicted molar refractivity (Wildman–Crippen MR) is 122 cm³/mol. The van der Waals surface area contributed by atoms with Gasteiger partial charge in [0.15, 0.2) is 0 Å². The summed E-state index contributed by atoms with van der Waals surface area (Å²) in [4.78, 5) is 31.8. The Bertz CT molecular complexity index is 1260. The molecule has 0 saturated heterocycles. The van der Waals surface area contributed by atoms with Crippen molar-refractivity contribution >= 4 is 34.2 Å². The summed E-state index contributed by atoms with van der Waals surface area (Å²) in [6, 6.07) is 23.4. The molecule has 4 aromatic rings. The molecule has 0 aliphatic heterocycles. The number of nitrogens with one attached hydrogen (secondary N) is 3. The predicted octanol–water partition coefficient (Wildman–Crippen LogP) is 4.93. The third kappa shape index (κ3) is 4.05. The van der Waals surface area contributed by atoms with Crippen molar-refractivity contribution in [3.63, 3.8) is 0 Å². The van der Waals surface area contributed by atoms with Gasteiger partial charge in [-0.2, -0.15) is 0 Å². The van der Waals surface area contributed by atoms with Crippen LogP contribution in [0.5, 0.6) is 0 Å². The van der Waals surface area contributed by atoms with Crippen LogP contribution in [0.25, 0.3) is 22.4 Å². The number of rotatable bonds is 5. The van der Waals surface area contributed by atoms with E-state index in [2.05, 4.69) is 32.7 Å². The van der Waals surface area contributed by atoms with E-state index in [1.165, 1.54) is 12.5 Å². The van der Waals surface area contributed by atoms with Crippen LogP contribution in [0.4, 0.5) is 11.4 Å². The number of amides is 2. The second-order valence-corrected chi connectivity index (χ2v) is 7.92. The molecule has 3 aromatic carbocycles. The van der Waals surface area contributed by atoms with Crippen molar-refractivity contribution in [1.82, 2.24) is 9.97 Å². The highest BCUT2D eigenvalue weighted by Crippen LogP contribution is 2.47. The molecule has 2 atom stereocenters. The number of carbonyl (C=O) groups excluding carboxylic acids is 2. The van der Waals surface area contributed by atoms with Gasteiger partial charge >= 0.3 is 0 Å². The van der Waals surface area contributed by atoms with Crippen LogP contribution in [0.3, 0.4) is 0 Å². The second-order valence-electron chi connectivity index (χ2n) is 7.92. The van der Waals surface area contributed by atoms with Crippen molar-refractivity contribution in [2.24, 2.45) is 5.92 Å². The number of aromatic amines is 1. The Morgan fingerprint density at radius 2 is 1.68 bits per heavy atom. The maximum atomic E-state index is 12.7. The number of aromatic nitrogens is 2. The van der Waals surface area contributed by atoms with E-state index in [0.717, 1.165) is 40.2 Å². The van der Waals surface area contributed by atoms with E-state index >= 15 is 0 Å². The summed E-state index contributed by atoms with van der Waals surface area (Å²) in [5.41, 5.74) is 5.32. The quantitative estimate of drug-likeness (QED) is 0.436. The maximum Gasteiger partial charge on any atom is 0.228 e. The third-order valence-corrected chi connectivity index (χ3v) is 5.58. The van der Waals surface area contributed by atoms with Crippen LogP contribution in [-0.4, -0.2) is 21.8 Å². The zero-order chi connectivity index (χ0) is 21.4. The average Bonchev–Trinajstić information content (AvgIpc) is 3.47. The van der Waals surface area contributed by atoms with E-state index in [9.17, 15) is 9.59 Å². The standard InChI is InChI=1S/C25H22N4O2/c1-15(30)26-18-9-7-17(8-10-18)24-28-22-12-11-19(13-23(22)29-24)27-25(31)21-14-20(21)16-5-3-2-4-6-16/h2-13,20-21H,14H2,1H3,(H,26,30)(H,27,31)(H,28,29)/t20?,21-/m1/s1. The minimum absolute atomic E-state index is 0.0255. The third-order valence-electron chi connectivity index (χ3n) is 5.58. The van der Waals surface area contributed by atoms with Crippen molar-refractivity contribution < 1.29 is 9.59 Å². The van der Waals surface area contributed by atoms with Crippen molar-refractivity contribution in [1.29, 1.82) is 0 Å². The Balaban J connectivity index is 1.30. The molecule has 0 bridgehead atoms. The lowest BCUT2D eigenvalue weighted by Gasteiger charge is -2.05. The Hall–Kier alpha value is -3.93. The van der Waals surface area contributed by atoms with Crippen LogP contribution in [-0.2, 0) is 9.59 Å². The molecule has 1 aliphatic rings. The summed E-state index contributed by atoms with van der Waals surface area (Å²) >= 11 is 0. The minimum atomic E-state index is -0.104. The molecule has 1 fully saturated rings. The molecule has 1 heterocycles. The SMILES string of the molecule is CC(=O)Nc1ccc(-c2nc3ccc(NC(=O)[C@@H]4CC4c4ccccc4)cc3[nH]2)cc1. The van der Waals surface area contributed by atoms with Gasteiger partial charge in [0.2, 0.25) is 11.8 Å². The molecule has 0 radical (unpaired) electrons. The van der Waals surface area contributed by atoms with Crippen LogP contribution < -0.4 is 10.6 Å². The number of benzene rings is 3. The molecule has 2 amide bonds. The fourth-order valence-electron chi connectivity index (χ4n) is 3.93. The molecule has 154 valence electrons. The summed E-state index contributed by atoms with van der Waals surface area (Å²) < 4.78 is 0. The fourth-order valence-corrected chi connectivity index (χ4v) is 3.93. The van der Waals surface area contributed by atoms with Crippen molar-refractivity contribution in [2.45, 2.75) is 19.3 Å². The van der Waals surface area contributed by atoms with E-state index in [1.54, 1.807) is 0 Å². The number of carbonyl (C=O) groups is 2. The van der Waals surface area contributed by atoms with Crippen molar-refractivity contribution in [3.05, 3.63) is 78.4 Å². The molecule has 6 heteroatoms. The van der Waals surface area contributed by atoms with Gasteiger partial charge in [0.1, 0.15) is 5.82 Å². The molecular formula is C25H22N4O2. The molecule has 31 heavy (non-hydrogen) atoms. The second kappa shape index (κ2) is 7.72. The highest BCUT2D eigenvalue weighted by Gasteiger charge is 2.43. The number of fused-ring (bicyclic) bond motifs is 1. The van der Waals surface area contributed by atoms with Gasteiger partial charge in [-0.25, -0.2) is 4.98 Å². The number of hydrogen-bond acceptors (Lipinski definition) is 3. The van der Waals surface area contributed by atoms with Gasteiger partial charge in [-0.3, -0.25) is 9.59 Å². The van der Waals surface area contributed by atoms with Gasteiger partial charge in [-0.05, 0) is 60.4 Å². The van der Waals surface area contributed by atoms with E-state index < -0.39 is 0 Å². The average molecular weight is 410 g/mol. The van der Waals surface area contributed by atoms with Crippen LogP contribution >= 0.6 is 0 Å². The monoisotopic (exact) mass is 410 g/mol. The van der Waals surface area contributed by atoms with E-state index in [-0.39, 0.29) is 17.7 Å². The smallest absolute Gasteiger partial charge is 0.228 e. The van der Waals surface area contributed by atoms with E-state index in [1.807, 2.05) is 60.7 Å². The zero-order valence-corrected chi connectivity index (χ0v) is 17.1. The zero-order valence-electron chi connectivity index (χ0n) is 17.1. The van der Waals surface area contributed by atoms with E-state index in [4.69, 9.17) is 0 Å². The summed E-state index contributed by atoms with van der Waals surface area (Å²) in [6.07, 6.45) is 0.890. The van der Waals surface area contributed by atoms with Crippen LogP contribution in [0.1, 0.15) is 24.8 Å². The lowest BCUT2D eigenvalue weighted by molar-refractivity contribution is -0.117. The highest BCUT2D eigenvalue weighted by atomic mass is 16.2. The Labute approximate surface area is 179 Å². The maximum absolute atomic E-state index is 12.7. The molecule has 3 N–H and O–H groups in total. The fraction of sp³-hybridized carbons (Fsp3) is 0.160. The lowest BCUT2D eigenvalue weighted by Crippen LogP contribution is -2.14. The number of hydrogen-bond donors (Lipinski definition) is 3. The molecule has 6 nitrogen and oxygen atoms in total. The van der Waals surface area contributed by atoms with Crippen LogP contribution in [0, 0.1) is 5.92 Å². The first-order valence-corrected chi connectivity index (χ1v) is 10.3. The topological polar surface area (TPSA) is 86.9 Å². The lowest BCUT2D eigenvalue weighted by atomic mass is 10.1. The largest absolute Gasteiger partial charge is 0.338 e. The molecule has 1 saturated carbocycles. The van der Waals surface area contributed by atoms with E-state index in [0.29, 0.717) is 5.92 Å². The molecular weight excluding hydrogens is 388 g/mol. The normalized spacial score (nSPS) is 17.3. The molecule has 0 spiro atoms. The number of H-pyrrole nitrogens is 1. The number of anilines is 2. The van der Waals surface area contributed by atoms with Gasteiger partial charge < -0.3 is 15.6 Å². The Kier molecular flexibility index (Phi) is 4.75. The van der Waals surface area contributed by atoms with Crippen molar-refractivity contribution in [3.8, 4) is 11.4 Å². The minimum Gasteiger partial charge on any atom is -0.338 e. The van der Waals surface area contributed by atoms with Gasteiger partial charge in [-0.15, -0.1) is 0 Å². The first kappa shape index (κ1) is 19.1. The molecule has 5 rings (SSSR count). The Morgan fingerprint density at radius 3 is 2.42 bits per heavy atom. The number of imidazole rings is 1. The summed E-state index contributed by atoms with van der Waals surface area (Å²) in [6.45, 7) is 1.48. The highest BCUT2D eigenvalue weighted by molar-refractivity contribution is 5.97. The van der Waals surface area contributed by atoms with Gasteiger partial charge in [-0.1, -0.05) is 30.3 Å². The first-order chi connectivity index (χ1) is 15.1. The van der Waals surface area contributed by atoms with Crippen LogP contribution in [0.15, 0.2) is 72.8 Å². The van der Waals surface area contributed by atoms with Gasteiger partial charge in [0, 0.05) is 29.8 Å². The van der Waals surface area contributed by atoms with Crippen LogP contribution in [0.2, 0.25) is 0 Å². The molecule has 1 aromatic heterocycles. The van der Waals surface area contributed by atoms with Gasteiger partial charge in [0.25, 0.3) is 0 Å². The Morgan fingerprint density at radius 1 is 0.935 bits per heavy atom.